The number of para-hydroxylation sites is 1. The van der Waals surface area contributed by atoms with Crippen molar-refractivity contribution >= 4 is 16.9 Å². The van der Waals surface area contributed by atoms with E-state index in [0.29, 0.717) is 5.95 Å². The molecule has 132 valence electrons. The van der Waals surface area contributed by atoms with E-state index in [1.807, 2.05) is 18.5 Å². The number of hydrogen-bond acceptors (Lipinski definition) is 5. The number of rotatable bonds is 2. The maximum absolute atomic E-state index is 5.90. The standard InChI is InChI=1S/C21H23N5/c22-20-24-12-16-7-9-21(19(16)25-20)8-3-11-26(14-21)13-17-5-1-4-15-6-2-10-23-18(15)17/h1-2,4-6,10,12H,3,7-9,11,13-14H2,(H2,22,24,25). The van der Waals surface area contributed by atoms with Crippen LogP contribution in [0.25, 0.3) is 10.9 Å². The van der Waals surface area contributed by atoms with Gasteiger partial charge in [0.25, 0.3) is 0 Å². The second-order valence-corrected chi connectivity index (χ2v) is 7.69. The molecule has 5 heteroatoms. The largest absolute Gasteiger partial charge is 0.368 e. The molecule has 0 radical (unpaired) electrons. The summed E-state index contributed by atoms with van der Waals surface area (Å²) in [6.07, 6.45) is 8.43. The number of fused-ring (bicyclic) bond motifs is 3. The van der Waals surface area contributed by atoms with Gasteiger partial charge in [-0.15, -0.1) is 0 Å². The predicted molar refractivity (Wildman–Crippen MR) is 103 cm³/mol. The van der Waals surface area contributed by atoms with Crippen LogP contribution in [0.15, 0.2) is 42.7 Å². The van der Waals surface area contributed by atoms with E-state index in [2.05, 4.69) is 44.1 Å². The van der Waals surface area contributed by atoms with E-state index in [1.54, 1.807) is 0 Å². The first kappa shape index (κ1) is 15.7. The predicted octanol–water partition coefficient (Wildman–Crippen LogP) is 3.09. The van der Waals surface area contributed by atoms with E-state index in [-0.39, 0.29) is 5.41 Å². The Bertz CT molecular complexity index is 960. The summed E-state index contributed by atoms with van der Waals surface area (Å²) in [6.45, 7) is 3.10. The van der Waals surface area contributed by atoms with Crippen molar-refractivity contribution in [1.82, 2.24) is 19.9 Å². The molecular formula is C21H23N5. The molecule has 3 aromatic rings. The fourth-order valence-corrected chi connectivity index (χ4v) is 4.85. The zero-order valence-corrected chi connectivity index (χ0v) is 14.9. The summed E-state index contributed by atoms with van der Waals surface area (Å²) in [4.78, 5) is 16.0. The number of aromatic nitrogens is 3. The molecule has 3 heterocycles. The van der Waals surface area contributed by atoms with Gasteiger partial charge < -0.3 is 5.73 Å². The topological polar surface area (TPSA) is 67.9 Å². The molecule has 2 N–H and O–H groups in total. The number of benzene rings is 1. The molecule has 5 nitrogen and oxygen atoms in total. The number of pyridine rings is 1. The van der Waals surface area contributed by atoms with Gasteiger partial charge in [-0.05, 0) is 49.4 Å². The number of hydrogen-bond donors (Lipinski definition) is 1. The number of anilines is 1. The Labute approximate surface area is 153 Å². The third-order valence-corrected chi connectivity index (χ3v) is 6.02. The van der Waals surface area contributed by atoms with Gasteiger partial charge in [0.15, 0.2) is 0 Å². The van der Waals surface area contributed by atoms with Crippen molar-refractivity contribution < 1.29 is 0 Å². The van der Waals surface area contributed by atoms with Crippen LogP contribution >= 0.6 is 0 Å². The van der Waals surface area contributed by atoms with E-state index < -0.39 is 0 Å². The van der Waals surface area contributed by atoms with E-state index in [9.17, 15) is 0 Å². The first-order chi connectivity index (χ1) is 12.7. The Morgan fingerprint density at radius 3 is 3.00 bits per heavy atom. The molecule has 2 aromatic heterocycles. The van der Waals surface area contributed by atoms with Crippen LogP contribution in [0.1, 0.15) is 36.1 Å². The second-order valence-electron chi connectivity index (χ2n) is 7.69. The highest BCUT2D eigenvalue weighted by Gasteiger charge is 2.43. The summed E-state index contributed by atoms with van der Waals surface area (Å²) in [5.41, 5.74) is 10.9. The zero-order valence-electron chi connectivity index (χ0n) is 14.9. The number of nitrogens with zero attached hydrogens (tertiary/aromatic N) is 4. The van der Waals surface area contributed by atoms with Gasteiger partial charge in [-0.1, -0.05) is 24.3 Å². The van der Waals surface area contributed by atoms with Crippen molar-refractivity contribution in [2.75, 3.05) is 18.8 Å². The molecule has 1 fully saturated rings. The molecule has 1 saturated heterocycles. The third-order valence-electron chi connectivity index (χ3n) is 6.02. The number of likely N-dealkylation sites (tertiary alicyclic amines) is 1. The van der Waals surface area contributed by atoms with Gasteiger partial charge in [0.1, 0.15) is 0 Å². The molecule has 0 bridgehead atoms. The lowest BCUT2D eigenvalue weighted by molar-refractivity contribution is 0.137. The van der Waals surface area contributed by atoms with Gasteiger partial charge in [-0.2, -0.15) is 0 Å². The summed E-state index contributed by atoms with van der Waals surface area (Å²) in [5, 5.41) is 1.21. The highest BCUT2D eigenvalue weighted by Crippen LogP contribution is 2.44. The fraction of sp³-hybridized carbons (Fsp3) is 0.381. The smallest absolute Gasteiger partial charge is 0.220 e. The van der Waals surface area contributed by atoms with Crippen LogP contribution in [0.3, 0.4) is 0 Å². The fourth-order valence-electron chi connectivity index (χ4n) is 4.85. The zero-order chi connectivity index (χ0) is 17.6. The highest BCUT2D eigenvalue weighted by atomic mass is 15.1. The minimum atomic E-state index is 0.142. The summed E-state index contributed by atoms with van der Waals surface area (Å²) in [6, 6.07) is 10.6. The van der Waals surface area contributed by atoms with Gasteiger partial charge in [0.2, 0.25) is 5.95 Å². The second kappa shape index (κ2) is 6.02. The van der Waals surface area contributed by atoms with E-state index in [1.165, 1.54) is 35.0 Å². The maximum Gasteiger partial charge on any atom is 0.220 e. The van der Waals surface area contributed by atoms with Crippen molar-refractivity contribution in [3.8, 4) is 0 Å². The van der Waals surface area contributed by atoms with Gasteiger partial charge >= 0.3 is 0 Å². The van der Waals surface area contributed by atoms with Crippen molar-refractivity contribution in [3.05, 3.63) is 59.5 Å². The first-order valence-electron chi connectivity index (χ1n) is 9.40. The Hall–Kier alpha value is -2.53. The molecular weight excluding hydrogens is 322 g/mol. The monoisotopic (exact) mass is 345 g/mol. The molecule has 0 saturated carbocycles. The molecule has 1 aliphatic carbocycles. The van der Waals surface area contributed by atoms with Gasteiger partial charge in [0, 0.05) is 36.3 Å². The lowest BCUT2D eigenvalue weighted by Crippen LogP contribution is -2.45. The normalized spacial score (nSPS) is 22.8. The molecule has 2 aliphatic rings. The van der Waals surface area contributed by atoms with E-state index in [0.717, 1.165) is 38.0 Å². The number of piperidine rings is 1. The van der Waals surface area contributed by atoms with Crippen molar-refractivity contribution in [1.29, 1.82) is 0 Å². The van der Waals surface area contributed by atoms with Crippen LogP contribution in [-0.2, 0) is 18.4 Å². The minimum absolute atomic E-state index is 0.142. The molecule has 0 amide bonds. The average Bonchev–Trinajstić information content (AvgIpc) is 2.99. The van der Waals surface area contributed by atoms with Crippen molar-refractivity contribution in [2.45, 2.75) is 37.6 Å². The molecule has 1 spiro atoms. The van der Waals surface area contributed by atoms with Crippen LogP contribution in [0.4, 0.5) is 5.95 Å². The lowest BCUT2D eigenvalue weighted by atomic mass is 9.77. The summed E-state index contributed by atoms with van der Waals surface area (Å²) in [5.74, 6) is 0.403. The number of nitrogens with two attached hydrogens (primary N) is 1. The third kappa shape index (κ3) is 2.54. The summed E-state index contributed by atoms with van der Waals surface area (Å²) < 4.78 is 0. The number of nitrogen functional groups attached to an aromatic ring is 1. The molecule has 26 heavy (non-hydrogen) atoms. The van der Waals surface area contributed by atoms with Gasteiger partial charge in [-0.25, -0.2) is 9.97 Å². The quantitative estimate of drug-likeness (QED) is 0.773. The molecule has 1 atom stereocenters. The number of aryl methyl sites for hydroxylation is 1. The average molecular weight is 345 g/mol. The van der Waals surface area contributed by atoms with E-state index >= 15 is 0 Å². The Balaban J connectivity index is 1.45. The first-order valence-corrected chi connectivity index (χ1v) is 9.40. The highest BCUT2D eigenvalue weighted by molar-refractivity contribution is 5.81. The Morgan fingerprint density at radius 1 is 1.12 bits per heavy atom. The van der Waals surface area contributed by atoms with E-state index in [4.69, 9.17) is 5.73 Å². The van der Waals surface area contributed by atoms with Crippen LogP contribution in [0.2, 0.25) is 0 Å². The summed E-state index contributed by atoms with van der Waals surface area (Å²) in [7, 11) is 0. The molecule has 1 unspecified atom stereocenters. The van der Waals surface area contributed by atoms with Gasteiger partial charge in [0.05, 0.1) is 11.2 Å². The van der Waals surface area contributed by atoms with Crippen LogP contribution in [0, 0.1) is 0 Å². The van der Waals surface area contributed by atoms with Crippen LogP contribution in [0.5, 0.6) is 0 Å². The molecule has 1 aromatic carbocycles. The lowest BCUT2D eigenvalue weighted by Gasteiger charge is -2.40. The van der Waals surface area contributed by atoms with Gasteiger partial charge in [-0.3, -0.25) is 9.88 Å². The SMILES string of the molecule is Nc1ncc2c(n1)C1(CCCN(Cc3cccc4cccnc34)C1)CC2. The Kier molecular flexibility index (Phi) is 3.64. The molecule has 1 aliphatic heterocycles. The summed E-state index contributed by atoms with van der Waals surface area (Å²) >= 11 is 0. The maximum atomic E-state index is 5.90. The van der Waals surface area contributed by atoms with Crippen LogP contribution < -0.4 is 5.73 Å². The van der Waals surface area contributed by atoms with Crippen molar-refractivity contribution in [3.63, 3.8) is 0 Å². The van der Waals surface area contributed by atoms with Crippen molar-refractivity contribution in [2.24, 2.45) is 0 Å². The van der Waals surface area contributed by atoms with Crippen LogP contribution in [-0.4, -0.2) is 32.9 Å². The minimum Gasteiger partial charge on any atom is -0.368 e. The molecule has 5 rings (SSSR count). The Morgan fingerprint density at radius 2 is 2.04 bits per heavy atom.